The number of rotatable bonds is 9. The fourth-order valence-corrected chi connectivity index (χ4v) is 4.21. The summed E-state index contributed by atoms with van der Waals surface area (Å²) >= 11 is 0. The number of allylic oxidation sites excluding steroid dienone is 1. The molecule has 0 rings (SSSR count). The molecule has 0 amide bonds. The van der Waals surface area contributed by atoms with E-state index in [1.165, 1.54) is 6.08 Å². The minimum atomic E-state index is -2.34. The second kappa shape index (κ2) is 8.58. The highest BCUT2D eigenvalue weighted by atomic mass is 28.4. The zero-order valence-corrected chi connectivity index (χ0v) is 12.2. The molecule has 0 fully saturated rings. The van der Waals surface area contributed by atoms with Crippen molar-refractivity contribution >= 4 is 14.3 Å². The Morgan fingerprint density at radius 2 is 2.18 bits per heavy atom. The van der Waals surface area contributed by atoms with Crippen LogP contribution in [0.5, 0.6) is 0 Å². The third-order valence-corrected chi connectivity index (χ3v) is 5.41. The number of carbonyl (C=O) groups excluding carboxylic acids is 1. The lowest BCUT2D eigenvalue weighted by molar-refractivity contribution is -0.121. The quantitative estimate of drug-likeness (QED) is 0.509. The Bertz CT molecular complexity index is 255. The van der Waals surface area contributed by atoms with Crippen molar-refractivity contribution in [3.05, 3.63) is 12.2 Å². The van der Waals surface area contributed by atoms with Crippen LogP contribution < -0.4 is 0 Å². The molecule has 5 heteroatoms. The van der Waals surface area contributed by atoms with Gasteiger partial charge < -0.3 is 14.0 Å². The Kier molecular flexibility index (Phi) is 8.33. The molecular formula is C12H24O4Si. The molecule has 2 atom stereocenters. The fourth-order valence-electron chi connectivity index (χ4n) is 1.60. The molecule has 1 N–H and O–H groups in total. The van der Waals surface area contributed by atoms with E-state index in [-0.39, 0.29) is 12.4 Å². The summed E-state index contributed by atoms with van der Waals surface area (Å²) in [5.74, 6) is -0.0464. The number of aliphatic hydroxyl groups is 1. The largest absolute Gasteiger partial charge is 0.396 e. The summed E-state index contributed by atoms with van der Waals surface area (Å²) in [4.78, 5) is 11.6. The topological polar surface area (TPSA) is 55.8 Å². The average molecular weight is 260 g/mol. The molecule has 4 nitrogen and oxygen atoms in total. The van der Waals surface area contributed by atoms with Crippen LogP contribution in [0.15, 0.2) is 12.2 Å². The Labute approximate surface area is 105 Å². The zero-order chi connectivity index (χ0) is 13.3. The van der Waals surface area contributed by atoms with Gasteiger partial charge in [-0.2, -0.15) is 0 Å². The number of carbonyl (C=O) groups is 1. The molecule has 0 aliphatic carbocycles. The van der Waals surface area contributed by atoms with E-state index in [2.05, 4.69) is 0 Å². The lowest BCUT2D eigenvalue weighted by Crippen LogP contribution is -2.43. The molecule has 17 heavy (non-hydrogen) atoms. The summed E-state index contributed by atoms with van der Waals surface area (Å²) in [6.07, 6.45) is 3.38. The van der Waals surface area contributed by atoms with Crippen LogP contribution in [0.4, 0.5) is 0 Å². The first-order chi connectivity index (χ1) is 7.99. The zero-order valence-electron chi connectivity index (χ0n) is 11.2. The molecule has 0 aromatic heterocycles. The first-order valence-electron chi connectivity index (χ1n) is 6.08. The van der Waals surface area contributed by atoms with Crippen molar-refractivity contribution in [3.63, 3.8) is 0 Å². The van der Waals surface area contributed by atoms with E-state index in [0.29, 0.717) is 19.1 Å². The summed E-state index contributed by atoms with van der Waals surface area (Å²) in [5, 5.41) is 8.86. The van der Waals surface area contributed by atoms with Crippen molar-refractivity contribution in [1.82, 2.24) is 0 Å². The van der Waals surface area contributed by atoms with Crippen molar-refractivity contribution in [2.24, 2.45) is 0 Å². The van der Waals surface area contributed by atoms with Gasteiger partial charge in [0.25, 0.3) is 0 Å². The van der Waals surface area contributed by atoms with Gasteiger partial charge in [-0.3, -0.25) is 4.79 Å². The molecule has 0 aromatic carbocycles. The van der Waals surface area contributed by atoms with Gasteiger partial charge in [0.05, 0.1) is 0 Å². The molecule has 0 aliphatic rings. The van der Waals surface area contributed by atoms with Crippen LogP contribution in [0.1, 0.15) is 27.2 Å². The highest BCUT2D eigenvalue weighted by Gasteiger charge is 2.33. The molecule has 0 radical (unpaired) electrons. The fraction of sp³-hybridized carbons (Fsp3) is 0.750. The van der Waals surface area contributed by atoms with Crippen LogP contribution in [0, 0.1) is 0 Å². The van der Waals surface area contributed by atoms with Gasteiger partial charge in [-0.1, -0.05) is 6.08 Å². The van der Waals surface area contributed by atoms with Gasteiger partial charge in [-0.15, -0.1) is 0 Å². The van der Waals surface area contributed by atoms with E-state index in [4.69, 9.17) is 14.0 Å². The molecule has 0 bridgehead atoms. The Balaban J connectivity index is 4.45. The van der Waals surface area contributed by atoms with Crippen molar-refractivity contribution in [3.8, 4) is 0 Å². The summed E-state index contributed by atoms with van der Waals surface area (Å²) < 4.78 is 11.5. The molecule has 2 unspecified atom stereocenters. The molecule has 0 saturated carbocycles. The minimum Gasteiger partial charge on any atom is -0.396 e. The van der Waals surface area contributed by atoms with Crippen molar-refractivity contribution in [1.29, 1.82) is 0 Å². The summed E-state index contributed by atoms with van der Waals surface area (Å²) in [7, 11) is -2.34. The normalized spacial score (nSPS) is 17.0. The number of ketones is 1. The van der Waals surface area contributed by atoms with Crippen LogP contribution in [0.3, 0.4) is 0 Å². The molecule has 0 aromatic rings. The first kappa shape index (κ1) is 16.5. The van der Waals surface area contributed by atoms with Crippen LogP contribution in [0.25, 0.3) is 0 Å². The van der Waals surface area contributed by atoms with Crippen LogP contribution in [0.2, 0.25) is 12.6 Å². The lowest BCUT2D eigenvalue weighted by Gasteiger charge is -2.29. The van der Waals surface area contributed by atoms with E-state index in [9.17, 15) is 4.79 Å². The summed E-state index contributed by atoms with van der Waals surface area (Å²) in [5.41, 5.74) is 0. The molecule has 100 valence electrons. The number of hydrogen-bond donors (Lipinski definition) is 1. The summed E-state index contributed by atoms with van der Waals surface area (Å²) in [6, 6.07) is 0.699. The molecular weight excluding hydrogens is 236 g/mol. The van der Waals surface area contributed by atoms with Gasteiger partial charge in [0.1, 0.15) is 6.10 Å². The van der Waals surface area contributed by atoms with Crippen molar-refractivity contribution in [2.75, 3.05) is 13.2 Å². The van der Waals surface area contributed by atoms with Crippen LogP contribution >= 0.6 is 0 Å². The van der Waals surface area contributed by atoms with E-state index in [1.807, 2.05) is 13.5 Å². The lowest BCUT2D eigenvalue weighted by atomic mass is 10.2. The maximum absolute atomic E-state index is 11.6. The average Bonchev–Trinajstić information content (AvgIpc) is 2.27. The highest BCUT2D eigenvalue weighted by molar-refractivity contribution is 6.66. The van der Waals surface area contributed by atoms with Gasteiger partial charge in [-0.05, 0) is 45.9 Å². The SMILES string of the molecule is CC=CC(=O)C(C)O[Si](C)(CCCO)OCC. The third-order valence-electron chi connectivity index (χ3n) is 2.40. The predicted molar refractivity (Wildman–Crippen MR) is 70.1 cm³/mol. The second-order valence-electron chi connectivity index (χ2n) is 4.06. The Morgan fingerprint density at radius 3 is 2.65 bits per heavy atom. The Hall–Kier alpha value is -0.493. The summed E-state index contributed by atoms with van der Waals surface area (Å²) in [6.45, 7) is 8.08. The number of hydrogen-bond acceptors (Lipinski definition) is 4. The molecule has 0 saturated heterocycles. The van der Waals surface area contributed by atoms with E-state index in [1.54, 1.807) is 19.9 Å². The standard InChI is InChI=1S/C12H24O4Si/c1-5-8-12(14)11(3)16-17(4,15-6-2)10-7-9-13/h5,8,11,13H,6-7,9-10H2,1-4H3. The molecule has 0 heterocycles. The smallest absolute Gasteiger partial charge is 0.335 e. The second-order valence-corrected chi connectivity index (χ2v) is 7.35. The maximum Gasteiger partial charge on any atom is 0.335 e. The maximum atomic E-state index is 11.6. The number of aliphatic hydroxyl groups excluding tert-OH is 1. The van der Waals surface area contributed by atoms with Gasteiger partial charge in [0.2, 0.25) is 0 Å². The predicted octanol–water partition coefficient (Wildman–Crippen LogP) is 2.03. The Morgan fingerprint density at radius 1 is 1.53 bits per heavy atom. The van der Waals surface area contributed by atoms with E-state index in [0.717, 1.165) is 0 Å². The van der Waals surface area contributed by atoms with Gasteiger partial charge in [0, 0.05) is 13.2 Å². The molecule has 0 spiro atoms. The molecule has 0 aliphatic heterocycles. The van der Waals surface area contributed by atoms with E-state index >= 15 is 0 Å². The van der Waals surface area contributed by atoms with E-state index < -0.39 is 14.7 Å². The highest BCUT2D eigenvalue weighted by Crippen LogP contribution is 2.18. The van der Waals surface area contributed by atoms with Crippen molar-refractivity contribution < 1.29 is 18.8 Å². The van der Waals surface area contributed by atoms with Gasteiger partial charge in [0.15, 0.2) is 5.78 Å². The third kappa shape index (κ3) is 6.73. The van der Waals surface area contributed by atoms with Gasteiger partial charge >= 0.3 is 8.56 Å². The van der Waals surface area contributed by atoms with Crippen LogP contribution in [-0.2, 0) is 13.6 Å². The van der Waals surface area contributed by atoms with Crippen molar-refractivity contribution in [2.45, 2.75) is 45.9 Å². The van der Waals surface area contributed by atoms with Crippen LogP contribution in [-0.4, -0.2) is 38.8 Å². The monoisotopic (exact) mass is 260 g/mol. The first-order valence-corrected chi connectivity index (χ1v) is 8.60. The minimum absolute atomic E-state index is 0.0464. The van der Waals surface area contributed by atoms with Gasteiger partial charge in [-0.25, -0.2) is 0 Å².